The summed E-state index contributed by atoms with van der Waals surface area (Å²) in [6, 6.07) is 0. The number of guanidine groups is 1. The fourth-order valence-electron chi connectivity index (χ4n) is 3.36. The predicted molar refractivity (Wildman–Crippen MR) is 105 cm³/mol. The van der Waals surface area contributed by atoms with Crippen LogP contribution in [-0.4, -0.2) is 87.2 Å². The van der Waals surface area contributed by atoms with E-state index in [1.54, 1.807) is 19.0 Å². The molecule has 0 aromatic rings. The smallest absolute Gasteiger partial charge is 0.243 e. The Morgan fingerprint density at radius 1 is 1.23 bits per heavy atom. The molecule has 0 aromatic heterocycles. The van der Waals surface area contributed by atoms with Gasteiger partial charge < -0.3 is 20.3 Å². The third kappa shape index (κ3) is 6.76. The van der Waals surface area contributed by atoms with Gasteiger partial charge in [-0.3, -0.25) is 9.69 Å². The lowest BCUT2D eigenvalue weighted by Crippen LogP contribution is -2.55. The number of aliphatic imine (C=N–C) groups is 1. The number of likely N-dealkylation sites (tertiary alicyclic amines) is 1. The van der Waals surface area contributed by atoms with Crippen LogP contribution in [0.4, 0.5) is 0 Å². The summed E-state index contributed by atoms with van der Waals surface area (Å²) >= 11 is 0. The van der Waals surface area contributed by atoms with Gasteiger partial charge in [-0.05, 0) is 46.2 Å². The molecule has 26 heavy (non-hydrogen) atoms. The van der Waals surface area contributed by atoms with Gasteiger partial charge in [0.1, 0.15) is 6.54 Å². The van der Waals surface area contributed by atoms with Crippen LogP contribution in [0.15, 0.2) is 4.99 Å². The molecule has 2 saturated heterocycles. The Kier molecular flexibility index (Phi) is 8.15. The number of piperidine rings is 1. The molecule has 0 radical (unpaired) electrons. The van der Waals surface area contributed by atoms with Crippen molar-refractivity contribution in [3.63, 3.8) is 0 Å². The summed E-state index contributed by atoms with van der Waals surface area (Å²) in [5.41, 5.74) is 0.0604. The molecule has 2 rings (SSSR count). The minimum absolute atomic E-state index is 0.00518. The van der Waals surface area contributed by atoms with Crippen molar-refractivity contribution in [1.29, 1.82) is 0 Å². The highest BCUT2D eigenvalue weighted by molar-refractivity contribution is 5.84. The Morgan fingerprint density at radius 3 is 2.58 bits per heavy atom. The second-order valence-corrected chi connectivity index (χ2v) is 8.28. The Morgan fingerprint density at radius 2 is 1.96 bits per heavy atom. The highest BCUT2D eigenvalue weighted by atomic mass is 16.5. The predicted octanol–water partition coefficient (Wildman–Crippen LogP) is 0.911. The average molecular weight is 368 g/mol. The molecule has 0 spiro atoms. The summed E-state index contributed by atoms with van der Waals surface area (Å²) in [4.78, 5) is 20.5. The number of likely N-dealkylation sites (N-methyl/N-ethyl adjacent to an activating group) is 1. The highest BCUT2D eigenvalue weighted by Crippen LogP contribution is 2.19. The van der Waals surface area contributed by atoms with Crippen LogP contribution in [-0.2, 0) is 9.53 Å². The van der Waals surface area contributed by atoms with Crippen LogP contribution in [0.2, 0.25) is 0 Å². The number of nitrogens with zero attached hydrogens (tertiary/aromatic N) is 3. The van der Waals surface area contributed by atoms with Gasteiger partial charge in [-0.25, -0.2) is 4.99 Å². The number of hydrogen-bond acceptors (Lipinski definition) is 4. The molecule has 0 aromatic carbocycles. The lowest BCUT2D eigenvalue weighted by atomic mass is 9.98. The average Bonchev–Trinajstić information content (AvgIpc) is 3.15. The SMILES string of the molecule is CN(C)C(=O)CN=C(NCC1CCOC1)NCC(C)(C)N1CCCCC1. The fraction of sp³-hybridized carbons (Fsp3) is 0.895. The van der Waals surface area contributed by atoms with E-state index in [0.29, 0.717) is 5.92 Å². The van der Waals surface area contributed by atoms with E-state index in [-0.39, 0.29) is 18.0 Å². The normalized spacial score (nSPS) is 22.3. The third-order valence-electron chi connectivity index (χ3n) is 5.35. The molecular formula is C19H37N5O2. The van der Waals surface area contributed by atoms with E-state index < -0.39 is 0 Å². The topological polar surface area (TPSA) is 69.2 Å². The van der Waals surface area contributed by atoms with Crippen molar-refractivity contribution in [2.75, 3.05) is 60.0 Å². The molecule has 150 valence electrons. The first-order valence-electron chi connectivity index (χ1n) is 9.93. The Labute approximate surface area is 158 Å². The molecule has 7 heteroatoms. The maximum Gasteiger partial charge on any atom is 0.243 e. The molecule has 2 heterocycles. The van der Waals surface area contributed by atoms with Crippen LogP contribution < -0.4 is 10.6 Å². The van der Waals surface area contributed by atoms with E-state index in [2.05, 4.69) is 34.4 Å². The molecule has 0 aliphatic carbocycles. The Bertz CT molecular complexity index is 467. The van der Waals surface area contributed by atoms with Crippen molar-refractivity contribution in [2.45, 2.75) is 45.1 Å². The highest BCUT2D eigenvalue weighted by Gasteiger charge is 2.28. The standard InChI is InChI=1S/C19H37N5O2/c1-19(2,24-9-6-5-7-10-24)15-22-18(21-13-17(25)23(3)4)20-12-16-8-11-26-14-16/h16H,5-15H2,1-4H3,(H2,20,21,22). The van der Waals surface area contributed by atoms with Crippen molar-refractivity contribution >= 4 is 11.9 Å². The zero-order valence-corrected chi connectivity index (χ0v) is 17.0. The van der Waals surface area contributed by atoms with Crippen molar-refractivity contribution in [3.8, 4) is 0 Å². The maximum atomic E-state index is 11.9. The van der Waals surface area contributed by atoms with Gasteiger partial charge in [0.15, 0.2) is 5.96 Å². The van der Waals surface area contributed by atoms with E-state index >= 15 is 0 Å². The van der Waals surface area contributed by atoms with Gasteiger partial charge in [0.05, 0.1) is 6.61 Å². The van der Waals surface area contributed by atoms with Gasteiger partial charge in [0.2, 0.25) is 5.91 Å². The van der Waals surface area contributed by atoms with Crippen molar-refractivity contribution in [1.82, 2.24) is 20.4 Å². The number of carbonyl (C=O) groups excluding carboxylic acids is 1. The molecule has 2 N–H and O–H groups in total. The number of ether oxygens (including phenoxy) is 1. The Balaban J connectivity index is 1.90. The van der Waals surface area contributed by atoms with E-state index in [0.717, 1.165) is 51.8 Å². The van der Waals surface area contributed by atoms with Gasteiger partial charge >= 0.3 is 0 Å². The number of nitrogens with one attached hydrogen (secondary N) is 2. The first-order valence-corrected chi connectivity index (χ1v) is 9.93. The van der Waals surface area contributed by atoms with Gasteiger partial charge in [-0.15, -0.1) is 0 Å². The molecule has 7 nitrogen and oxygen atoms in total. The first kappa shape index (κ1) is 21.0. The minimum atomic E-state index is 0.00518. The lowest BCUT2D eigenvalue weighted by Gasteiger charge is -2.41. The second-order valence-electron chi connectivity index (χ2n) is 8.28. The van der Waals surface area contributed by atoms with Crippen LogP contribution in [0.5, 0.6) is 0 Å². The Hall–Kier alpha value is -1.34. The molecule has 1 amide bonds. The fourth-order valence-corrected chi connectivity index (χ4v) is 3.36. The van der Waals surface area contributed by atoms with Gasteiger partial charge in [0, 0.05) is 45.2 Å². The van der Waals surface area contributed by atoms with E-state index in [9.17, 15) is 4.79 Å². The minimum Gasteiger partial charge on any atom is -0.381 e. The maximum absolute atomic E-state index is 11.9. The first-order chi connectivity index (χ1) is 12.4. The van der Waals surface area contributed by atoms with Gasteiger partial charge in [-0.2, -0.15) is 0 Å². The van der Waals surface area contributed by atoms with E-state index in [4.69, 9.17) is 4.74 Å². The van der Waals surface area contributed by atoms with Crippen molar-refractivity contribution < 1.29 is 9.53 Å². The molecule has 2 aliphatic rings. The van der Waals surface area contributed by atoms with Gasteiger partial charge in [0.25, 0.3) is 0 Å². The molecule has 1 atom stereocenters. The zero-order chi connectivity index (χ0) is 19.0. The largest absolute Gasteiger partial charge is 0.381 e. The molecule has 1 unspecified atom stereocenters. The molecule has 0 bridgehead atoms. The quantitative estimate of drug-likeness (QED) is 0.517. The molecule has 0 saturated carbocycles. The van der Waals surface area contributed by atoms with Crippen LogP contribution in [0.1, 0.15) is 39.5 Å². The summed E-state index contributed by atoms with van der Waals surface area (Å²) in [6.45, 7) is 10.3. The second kappa shape index (κ2) is 10.1. The summed E-state index contributed by atoms with van der Waals surface area (Å²) < 4.78 is 5.44. The molecule has 2 fully saturated rings. The van der Waals surface area contributed by atoms with Crippen LogP contribution in [0, 0.1) is 5.92 Å². The van der Waals surface area contributed by atoms with E-state index in [1.807, 2.05) is 0 Å². The third-order valence-corrected chi connectivity index (χ3v) is 5.35. The van der Waals surface area contributed by atoms with Crippen LogP contribution >= 0.6 is 0 Å². The summed E-state index contributed by atoms with van der Waals surface area (Å²) in [5.74, 6) is 1.24. The summed E-state index contributed by atoms with van der Waals surface area (Å²) in [6.07, 6.45) is 4.98. The number of hydrogen-bond donors (Lipinski definition) is 2. The van der Waals surface area contributed by atoms with E-state index in [1.165, 1.54) is 19.3 Å². The molecule has 2 aliphatic heterocycles. The lowest BCUT2D eigenvalue weighted by molar-refractivity contribution is -0.127. The number of carbonyl (C=O) groups is 1. The van der Waals surface area contributed by atoms with Gasteiger partial charge in [-0.1, -0.05) is 6.42 Å². The number of rotatable bonds is 7. The van der Waals surface area contributed by atoms with Crippen molar-refractivity contribution in [3.05, 3.63) is 0 Å². The monoisotopic (exact) mass is 367 g/mol. The zero-order valence-electron chi connectivity index (χ0n) is 17.0. The summed E-state index contributed by atoms with van der Waals surface area (Å²) in [7, 11) is 3.52. The van der Waals surface area contributed by atoms with Crippen LogP contribution in [0.3, 0.4) is 0 Å². The number of amides is 1. The van der Waals surface area contributed by atoms with Crippen molar-refractivity contribution in [2.24, 2.45) is 10.9 Å². The molecular weight excluding hydrogens is 330 g/mol. The summed E-state index contributed by atoms with van der Waals surface area (Å²) in [5, 5.41) is 6.86. The van der Waals surface area contributed by atoms with Crippen LogP contribution in [0.25, 0.3) is 0 Å².